The first-order chi connectivity index (χ1) is 7.44. The van der Waals surface area contributed by atoms with Gasteiger partial charge in [0.05, 0.1) is 11.1 Å². The number of benzene rings is 1. The van der Waals surface area contributed by atoms with Crippen molar-refractivity contribution in [1.82, 2.24) is 0 Å². The topological polar surface area (TPSA) is 60.7 Å². The van der Waals surface area contributed by atoms with E-state index in [1.165, 1.54) is 0 Å². The first kappa shape index (κ1) is 11.5. The minimum absolute atomic E-state index is 0.151. The van der Waals surface area contributed by atoms with Crippen LogP contribution in [-0.2, 0) is 5.60 Å². The zero-order valence-electron chi connectivity index (χ0n) is 8.45. The molecular formula is C10H11BF2O3. The van der Waals surface area contributed by atoms with Gasteiger partial charge in [0.1, 0.15) is 11.6 Å². The lowest BCUT2D eigenvalue weighted by Crippen LogP contribution is -2.39. The van der Waals surface area contributed by atoms with Gasteiger partial charge in [0, 0.05) is 0 Å². The van der Waals surface area contributed by atoms with Gasteiger partial charge in [-0.25, -0.2) is 8.78 Å². The summed E-state index contributed by atoms with van der Waals surface area (Å²) in [6.45, 7) is 0. The standard InChI is InChI=1S/C10H11BF2O3/c12-7-4-6(10(14)2-1-3-10)5-8(13)9(7)11(15)16/h4-5,14-16H,1-3H2. The first-order valence-corrected chi connectivity index (χ1v) is 5.02. The molecule has 1 aromatic rings. The second-order valence-electron chi connectivity index (χ2n) is 4.11. The predicted octanol–water partition coefficient (Wildman–Crippen LogP) is 0.0161. The molecule has 2 rings (SSSR count). The van der Waals surface area contributed by atoms with Gasteiger partial charge in [-0.15, -0.1) is 0 Å². The van der Waals surface area contributed by atoms with Crippen molar-refractivity contribution >= 4 is 12.6 Å². The van der Waals surface area contributed by atoms with E-state index in [1.807, 2.05) is 0 Å². The highest BCUT2D eigenvalue weighted by Crippen LogP contribution is 2.41. The fourth-order valence-electron chi connectivity index (χ4n) is 1.90. The van der Waals surface area contributed by atoms with Crippen molar-refractivity contribution in [3.63, 3.8) is 0 Å². The van der Waals surface area contributed by atoms with Crippen molar-refractivity contribution in [2.75, 3.05) is 0 Å². The van der Waals surface area contributed by atoms with Gasteiger partial charge in [-0.1, -0.05) is 0 Å². The molecule has 1 aromatic carbocycles. The Morgan fingerprint density at radius 3 is 1.94 bits per heavy atom. The van der Waals surface area contributed by atoms with Crippen molar-refractivity contribution < 1.29 is 23.9 Å². The van der Waals surface area contributed by atoms with Crippen LogP contribution in [0.25, 0.3) is 0 Å². The molecule has 0 atom stereocenters. The summed E-state index contributed by atoms with van der Waals surface area (Å²) in [4.78, 5) is 0. The lowest BCUT2D eigenvalue weighted by molar-refractivity contribution is -0.0392. The molecule has 1 aliphatic carbocycles. The van der Waals surface area contributed by atoms with Crippen LogP contribution in [-0.4, -0.2) is 22.3 Å². The Labute approximate surface area is 91.5 Å². The largest absolute Gasteiger partial charge is 0.494 e. The highest BCUT2D eigenvalue weighted by molar-refractivity contribution is 6.58. The zero-order valence-corrected chi connectivity index (χ0v) is 8.45. The molecule has 0 bridgehead atoms. The molecular weight excluding hydrogens is 217 g/mol. The summed E-state index contributed by atoms with van der Waals surface area (Å²) >= 11 is 0. The normalized spacial score (nSPS) is 18.1. The summed E-state index contributed by atoms with van der Waals surface area (Å²) in [5, 5.41) is 27.4. The summed E-state index contributed by atoms with van der Waals surface area (Å²) in [6, 6.07) is 1.91. The summed E-state index contributed by atoms with van der Waals surface area (Å²) in [6.07, 6.45) is 1.74. The maximum atomic E-state index is 13.4. The van der Waals surface area contributed by atoms with Gasteiger partial charge in [-0.2, -0.15) is 0 Å². The molecule has 16 heavy (non-hydrogen) atoms. The fraction of sp³-hybridized carbons (Fsp3) is 0.400. The van der Waals surface area contributed by atoms with Crippen molar-refractivity contribution in [1.29, 1.82) is 0 Å². The van der Waals surface area contributed by atoms with Crippen LogP contribution in [0.3, 0.4) is 0 Å². The van der Waals surface area contributed by atoms with Gasteiger partial charge in [0.2, 0.25) is 0 Å². The lowest BCUT2D eigenvalue weighted by Gasteiger charge is -2.37. The average molecular weight is 228 g/mol. The van der Waals surface area contributed by atoms with Crippen LogP contribution in [0.15, 0.2) is 12.1 Å². The van der Waals surface area contributed by atoms with Gasteiger partial charge < -0.3 is 15.2 Å². The van der Waals surface area contributed by atoms with Crippen LogP contribution >= 0.6 is 0 Å². The minimum Gasteiger partial charge on any atom is -0.423 e. The van der Waals surface area contributed by atoms with Crippen molar-refractivity contribution in [3.05, 3.63) is 29.3 Å². The molecule has 0 aromatic heterocycles. The molecule has 0 amide bonds. The average Bonchev–Trinajstić information content (AvgIpc) is 2.12. The molecule has 6 heteroatoms. The van der Waals surface area contributed by atoms with Crippen LogP contribution < -0.4 is 5.46 Å². The Kier molecular flexibility index (Phi) is 2.73. The zero-order chi connectivity index (χ0) is 11.9. The molecule has 3 N–H and O–H groups in total. The smallest absolute Gasteiger partial charge is 0.423 e. The van der Waals surface area contributed by atoms with Gasteiger partial charge in [-0.3, -0.25) is 0 Å². The van der Waals surface area contributed by atoms with E-state index >= 15 is 0 Å². The Hall–Kier alpha value is -0.975. The van der Waals surface area contributed by atoms with Crippen LogP contribution in [0.1, 0.15) is 24.8 Å². The summed E-state index contributed by atoms with van der Waals surface area (Å²) in [5.41, 5.74) is -1.80. The number of rotatable bonds is 2. The minimum atomic E-state index is -2.19. The van der Waals surface area contributed by atoms with Gasteiger partial charge in [0.15, 0.2) is 0 Å². The Balaban J connectivity index is 2.45. The fourth-order valence-corrected chi connectivity index (χ4v) is 1.90. The Morgan fingerprint density at radius 1 is 1.12 bits per heavy atom. The number of halogens is 2. The van der Waals surface area contributed by atoms with Gasteiger partial charge in [0.25, 0.3) is 0 Å². The van der Waals surface area contributed by atoms with E-state index in [0.29, 0.717) is 12.8 Å². The second kappa shape index (κ2) is 3.80. The quantitative estimate of drug-likeness (QED) is 0.625. The molecule has 1 aliphatic rings. The van der Waals surface area contributed by atoms with Crippen LogP contribution in [0, 0.1) is 11.6 Å². The monoisotopic (exact) mass is 228 g/mol. The summed E-state index contributed by atoms with van der Waals surface area (Å²) < 4.78 is 26.8. The number of hydrogen-bond acceptors (Lipinski definition) is 3. The molecule has 0 radical (unpaired) electrons. The molecule has 3 nitrogen and oxygen atoms in total. The summed E-state index contributed by atoms with van der Waals surface area (Å²) in [7, 11) is -2.19. The van der Waals surface area contributed by atoms with E-state index in [9.17, 15) is 13.9 Å². The molecule has 86 valence electrons. The molecule has 0 saturated heterocycles. The predicted molar refractivity (Wildman–Crippen MR) is 53.9 cm³/mol. The van der Waals surface area contributed by atoms with Crippen molar-refractivity contribution in [3.8, 4) is 0 Å². The SMILES string of the molecule is OB(O)c1c(F)cc(C2(O)CCC2)cc1F. The second-order valence-corrected chi connectivity index (χ2v) is 4.11. The third-order valence-electron chi connectivity index (χ3n) is 3.06. The molecule has 0 aliphatic heterocycles. The molecule has 1 fully saturated rings. The van der Waals surface area contributed by atoms with E-state index < -0.39 is 29.8 Å². The Bertz CT molecular complexity index is 396. The summed E-state index contributed by atoms with van der Waals surface area (Å²) in [5.74, 6) is -2.10. The third kappa shape index (κ3) is 1.73. The third-order valence-corrected chi connectivity index (χ3v) is 3.06. The Morgan fingerprint density at radius 2 is 1.62 bits per heavy atom. The molecule has 0 spiro atoms. The van der Waals surface area contributed by atoms with Crippen molar-refractivity contribution in [2.45, 2.75) is 24.9 Å². The van der Waals surface area contributed by atoms with Crippen LogP contribution in [0.5, 0.6) is 0 Å². The van der Waals surface area contributed by atoms with E-state index in [0.717, 1.165) is 18.6 Å². The molecule has 1 saturated carbocycles. The molecule has 0 heterocycles. The lowest BCUT2D eigenvalue weighted by atomic mass is 9.72. The number of hydrogen-bond donors (Lipinski definition) is 3. The number of aliphatic hydroxyl groups is 1. The first-order valence-electron chi connectivity index (χ1n) is 5.02. The van der Waals surface area contributed by atoms with E-state index in [4.69, 9.17) is 10.0 Å². The maximum absolute atomic E-state index is 13.4. The van der Waals surface area contributed by atoms with E-state index in [2.05, 4.69) is 0 Å². The van der Waals surface area contributed by atoms with Crippen LogP contribution in [0.4, 0.5) is 8.78 Å². The van der Waals surface area contributed by atoms with Gasteiger partial charge >= 0.3 is 7.12 Å². The highest BCUT2D eigenvalue weighted by atomic mass is 19.1. The van der Waals surface area contributed by atoms with E-state index in [1.54, 1.807) is 0 Å². The van der Waals surface area contributed by atoms with Crippen molar-refractivity contribution in [2.24, 2.45) is 0 Å². The molecule has 0 unspecified atom stereocenters. The highest BCUT2D eigenvalue weighted by Gasteiger charge is 2.38. The maximum Gasteiger partial charge on any atom is 0.494 e. The van der Waals surface area contributed by atoms with E-state index in [-0.39, 0.29) is 5.56 Å². The van der Waals surface area contributed by atoms with Gasteiger partial charge in [-0.05, 0) is 37.0 Å². The van der Waals surface area contributed by atoms with Crippen LogP contribution in [0.2, 0.25) is 0 Å².